The molecule has 202 valence electrons. The Hall–Kier alpha value is -2.24. The molecule has 2 aromatic carbocycles. The van der Waals surface area contributed by atoms with Crippen molar-refractivity contribution in [2.45, 2.75) is 68.7 Å². The number of nitrogens with one attached hydrogen (secondary N) is 2. The standard InChI is InChI=1S/C26H35ClN4O5S/c1-17(32)9-11-28-22-4-3-12-30(16-22)25(33)18(2)31-13-10-24(26(31)34)29-37(35,36)23-8-6-19-14-21(27)7-5-20(19)15-23/h5-8,14-15,17-18,22,24,28-29,32H,3-4,9-13,16H2,1-2H3/t17?,18-,22?,24?/m0/s1. The maximum absolute atomic E-state index is 13.2. The molecule has 3 unspecified atom stereocenters. The lowest BCUT2D eigenvalue weighted by atomic mass is 10.0. The van der Waals surface area contributed by atoms with Gasteiger partial charge in [0.15, 0.2) is 0 Å². The largest absolute Gasteiger partial charge is 0.393 e. The molecule has 4 rings (SSSR count). The lowest BCUT2D eigenvalue weighted by molar-refractivity contribution is -0.144. The minimum atomic E-state index is -3.94. The maximum Gasteiger partial charge on any atom is 0.245 e. The Labute approximate surface area is 223 Å². The molecule has 2 fully saturated rings. The first-order valence-electron chi connectivity index (χ1n) is 12.8. The second-order valence-electron chi connectivity index (χ2n) is 10.0. The van der Waals surface area contributed by atoms with Crippen molar-refractivity contribution >= 4 is 44.2 Å². The molecule has 37 heavy (non-hydrogen) atoms. The van der Waals surface area contributed by atoms with Gasteiger partial charge in [0.2, 0.25) is 21.8 Å². The predicted molar refractivity (Wildman–Crippen MR) is 143 cm³/mol. The number of hydrogen-bond acceptors (Lipinski definition) is 6. The first-order chi connectivity index (χ1) is 17.5. The van der Waals surface area contributed by atoms with Crippen molar-refractivity contribution in [1.29, 1.82) is 0 Å². The number of piperidine rings is 1. The summed E-state index contributed by atoms with van der Waals surface area (Å²) in [7, 11) is -3.94. The van der Waals surface area contributed by atoms with Gasteiger partial charge in [0.25, 0.3) is 0 Å². The summed E-state index contributed by atoms with van der Waals surface area (Å²) in [6, 6.07) is 8.49. The number of carbonyl (C=O) groups is 2. The van der Waals surface area contributed by atoms with Crippen LogP contribution in [0.15, 0.2) is 41.3 Å². The molecule has 2 aliphatic heterocycles. The molecule has 0 aliphatic carbocycles. The van der Waals surface area contributed by atoms with Gasteiger partial charge in [-0.05, 0) is 81.1 Å². The van der Waals surface area contributed by atoms with Gasteiger partial charge in [-0.1, -0.05) is 23.7 Å². The van der Waals surface area contributed by atoms with Gasteiger partial charge in [0, 0.05) is 30.7 Å². The fourth-order valence-electron chi connectivity index (χ4n) is 5.05. The summed E-state index contributed by atoms with van der Waals surface area (Å²) >= 11 is 6.02. The summed E-state index contributed by atoms with van der Waals surface area (Å²) in [4.78, 5) is 29.7. The van der Waals surface area contributed by atoms with Gasteiger partial charge in [-0.2, -0.15) is 4.72 Å². The zero-order valence-electron chi connectivity index (χ0n) is 21.2. The van der Waals surface area contributed by atoms with Gasteiger partial charge in [-0.15, -0.1) is 0 Å². The average molecular weight is 551 g/mol. The first kappa shape index (κ1) is 27.8. The lowest BCUT2D eigenvalue weighted by Crippen LogP contribution is -2.54. The van der Waals surface area contributed by atoms with E-state index in [0.29, 0.717) is 44.0 Å². The van der Waals surface area contributed by atoms with Crippen molar-refractivity contribution in [2.24, 2.45) is 0 Å². The van der Waals surface area contributed by atoms with E-state index in [4.69, 9.17) is 11.6 Å². The van der Waals surface area contributed by atoms with Crippen LogP contribution in [0.5, 0.6) is 0 Å². The Morgan fingerprint density at radius 2 is 1.86 bits per heavy atom. The van der Waals surface area contributed by atoms with Crippen LogP contribution in [0.2, 0.25) is 5.02 Å². The van der Waals surface area contributed by atoms with Crippen LogP contribution in [0.1, 0.15) is 39.5 Å². The van der Waals surface area contributed by atoms with Crippen molar-refractivity contribution in [3.63, 3.8) is 0 Å². The third-order valence-electron chi connectivity index (χ3n) is 7.17. The molecule has 2 amide bonds. The normalized spacial score (nSPS) is 22.4. The Bertz CT molecular complexity index is 1250. The van der Waals surface area contributed by atoms with Gasteiger partial charge in [-0.25, -0.2) is 8.42 Å². The van der Waals surface area contributed by atoms with E-state index in [0.717, 1.165) is 23.6 Å². The van der Waals surface area contributed by atoms with Crippen molar-refractivity contribution < 1.29 is 23.1 Å². The molecule has 11 heteroatoms. The summed E-state index contributed by atoms with van der Waals surface area (Å²) in [6.07, 6.45) is 2.38. The highest BCUT2D eigenvalue weighted by molar-refractivity contribution is 7.89. The van der Waals surface area contributed by atoms with Crippen LogP contribution >= 0.6 is 11.6 Å². The predicted octanol–water partition coefficient (Wildman–Crippen LogP) is 2.11. The summed E-state index contributed by atoms with van der Waals surface area (Å²) in [6.45, 7) is 5.61. The minimum absolute atomic E-state index is 0.0696. The molecule has 4 atom stereocenters. The molecule has 0 bridgehead atoms. The topological polar surface area (TPSA) is 119 Å². The van der Waals surface area contributed by atoms with Crippen LogP contribution in [0.3, 0.4) is 0 Å². The highest BCUT2D eigenvalue weighted by atomic mass is 35.5. The van der Waals surface area contributed by atoms with Gasteiger partial charge in [0.05, 0.1) is 11.0 Å². The van der Waals surface area contributed by atoms with Gasteiger partial charge < -0.3 is 20.2 Å². The maximum atomic E-state index is 13.2. The number of rotatable bonds is 9. The number of carbonyl (C=O) groups excluding carboxylic acids is 2. The summed E-state index contributed by atoms with van der Waals surface area (Å²) in [5.41, 5.74) is 0. The Morgan fingerprint density at radius 3 is 2.62 bits per heavy atom. The summed E-state index contributed by atoms with van der Waals surface area (Å²) in [5, 5.41) is 15.0. The Morgan fingerprint density at radius 1 is 1.14 bits per heavy atom. The highest BCUT2D eigenvalue weighted by Gasteiger charge is 2.40. The number of sulfonamides is 1. The van der Waals surface area contributed by atoms with Crippen molar-refractivity contribution in [3.05, 3.63) is 41.4 Å². The van der Waals surface area contributed by atoms with Crippen LogP contribution in [0, 0.1) is 0 Å². The van der Waals surface area contributed by atoms with Crippen molar-refractivity contribution in [2.75, 3.05) is 26.2 Å². The van der Waals surface area contributed by atoms with Crippen LogP contribution in [0.4, 0.5) is 0 Å². The highest BCUT2D eigenvalue weighted by Crippen LogP contribution is 2.24. The molecule has 2 aromatic rings. The number of hydrogen-bond donors (Lipinski definition) is 3. The number of fused-ring (bicyclic) bond motifs is 1. The molecular weight excluding hydrogens is 516 g/mol. The zero-order valence-corrected chi connectivity index (χ0v) is 22.8. The van der Waals surface area contributed by atoms with Crippen molar-refractivity contribution in [1.82, 2.24) is 19.8 Å². The fourth-order valence-corrected chi connectivity index (χ4v) is 6.49. The minimum Gasteiger partial charge on any atom is -0.393 e. The van der Waals surface area contributed by atoms with Gasteiger partial charge in [-0.3, -0.25) is 9.59 Å². The quantitative estimate of drug-likeness (QED) is 0.440. The molecule has 2 aliphatic rings. The molecule has 9 nitrogen and oxygen atoms in total. The van der Waals surface area contributed by atoms with E-state index in [2.05, 4.69) is 10.0 Å². The van der Waals surface area contributed by atoms with E-state index in [-0.39, 0.29) is 28.9 Å². The first-order valence-corrected chi connectivity index (χ1v) is 14.6. The SMILES string of the molecule is CC(O)CCNC1CCCN(C(=O)[C@H](C)N2CCC(NS(=O)(=O)c3ccc4cc(Cl)ccc4c3)C2=O)C1. The second kappa shape index (κ2) is 11.7. The summed E-state index contributed by atoms with van der Waals surface area (Å²) < 4.78 is 28.7. The number of halogens is 1. The van der Waals surface area contributed by atoms with E-state index in [1.165, 1.54) is 11.0 Å². The number of aliphatic hydroxyl groups excluding tert-OH is 1. The molecular formula is C26H35ClN4O5S. The number of nitrogens with zero attached hydrogens (tertiary/aromatic N) is 2. The lowest BCUT2D eigenvalue weighted by Gasteiger charge is -2.36. The Kier molecular flexibility index (Phi) is 8.75. The second-order valence-corrected chi connectivity index (χ2v) is 12.2. The van der Waals surface area contributed by atoms with E-state index in [1.807, 2.05) is 0 Å². The fraction of sp³-hybridized carbons (Fsp3) is 0.538. The third kappa shape index (κ3) is 6.61. The monoisotopic (exact) mass is 550 g/mol. The molecule has 0 saturated carbocycles. The molecule has 2 saturated heterocycles. The van der Waals surface area contributed by atoms with E-state index >= 15 is 0 Å². The molecule has 2 heterocycles. The molecule has 0 aromatic heterocycles. The van der Waals surface area contributed by atoms with Crippen LogP contribution in [0.25, 0.3) is 10.8 Å². The smallest absolute Gasteiger partial charge is 0.245 e. The zero-order chi connectivity index (χ0) is 26.7. The molecule has 0 radical (unpaired) electrons. The third-order valence-corrected chi connectivity index (χ3v) is 8.88. The van der Waals surface area contributed by atoms with E-state index < -0.39 is 22.1 Å². The average Bonchev–Trinajstić information content (AvgIpc) is 3.21. The number of likely N-dealkylation sites (tertiary alicyclic amines) is 2. The van der Waals surface area contributed by atoms with Gasteiger partial charge >= 0.3 is 0 Å². The Balaban J connectivity index is 1.37. The van der Waals surface area contributed by atoms with Crippen LogP contribution < -0.4 is 10.0 Å². The van der Waals surface area contributed by atoms with E-state index in [1.54, 1.807) is 49.1 Å². The number of amides is 2. The number of benzene rings is 2. The van der Waals surface area contributed by atoms with Crippen molar-refractivity contribution in [3.8, 4) is 0 Å². The summed E-state index contributed by atoms with van der Waals surface area (Å²) in [5.74, 6) is -0.521. The number of aliphatic hydroxyl groups is 1. The van der Waals surface area contributed by atoms with Crippen LogP contribution in [-0.4, -0.2) is 85.5 Å². The van der Waals surface area contributed by atoms with Gasteiger partial charge in [0.1, 0.15) is 12.1 Å². The molecule has 3 N–H and O–H groups in total. The molecule has 0 spiro atoms. The van der Waals surface area contributed by atoms with Crippen LogP contribution in [-0.2, 0) is 19.6 Å². The van der Waals surface area contributed by atoms with E-state index in [9.17, 15) is 23.1 Å².